The van der Waals surface area contributed by atoms with E-state index in [0.717, 1.165) is 6.08 Å². The number of aromatic nitrogens is 2. The lowest BCUT2D eigenvalue weighted by molar-refractivity contribution is -0.157. The number of nitrogens with zero attached hydrogens (tertiary/aromatic N) is 3. The van der Waals surface area contributed by atoms with Gasteiger partial charge in [0.1, 0.15) is 23.5 Å². The van der Waals surface area contributed by atoms with Gasteiger partial charge in [0, 0.05) is 5.03 Å². The Labute approximate surface area is 150 Å². The molecule has 25 heavy (non-hydrogen) atoms. The van der Waals surface area contributed by atoms with Crippen LogP contribution in [0.25, 0.3) is 0 Å². The van der Waals surface area contributed by atoms with Gasteiger partial charge in [-0.15, -0.1) is 11.6 Å². The molecule has 1 aliphatic rings. The predicted octanol–water partition coefficient (Wildman–Crippen LogP) is 3.29. The number of rotatable bonds is 3. The van der Waals surface area contributed by atoms with Gasteiger partial charge in [-0.25, -0.2) is 9.48 Å². The molecule has 1 heterocycles. The number of nitrogen functional groups attached to an aromatic ring is 1. The Bertz CT molecular complexity index is 810. The second kappa shape index (κ2) is 6.61. The average Bonchev–Trinajstić information content (AvgIpc) is 2.83. The quantitative estimate of drug-likeness (QED) is 0.626. The number of halogens is 5. The molecular formula is C14H11Cl2F3N4O2. The van der Waals surface area contributed by atoms with Crippen LogP contribution in [0.1, 0.15) is 29.0 Å². The van der Waals surface area contributed by atoms with Crippen LogP contribution in [0.5, 0.6) is 0 Å². The molecule has 0 saturated heterocycles. The van der Waals surface area contributed by atoms with E-state index < -0.39 is 40.1 Å². The number of ether oxygens (including phenoxy) is 1. The molecule has 6 nitrogen and oxygen atoms in total. The maximum atomic E-state index is 13.5. The first-order chi connectivity index (χ1) is 11.6. The number of esters is 1. The number of allylic oxidation sites excluding steroid dienone is 4. The summed E-state index contributed by atoms with van der Waals surface area (Å²) < 4.78 is 45.9. The lowest BCUT2D eigenvalue weighted by Crippen LogP contribution is -2.47. The van der Waals surface area contributed by atoms with E-state index in [1.54, 1.807) is 6.07 Å². The van der Waals surface area contributed by atoms with E-state index in [4.69, 9.17) is 33.7 Å². The summed E-state index contributed by atoms with van der Waals surface area (Å²) in [4.78, 5) is 8.93. The van der Waals surface area contributed by atoms with Crippen molar-refractivity contribution in [3.63, 3.8) is 0 Å². The van der Waals surface area contributed by atoms with Gasteiger partial charge in [-0.2, -0.15) is 23.5 Å². The van der Waals surface area contributed by atoms with Gasteiger partial charge in [-0.05, 0) is 13.0 Å². The molecule has 0 amide bonds. The first-order valence-corrected chi connectivity index (χ1v) is 7.59. The Kier molecular flexibility index (Phi) is 5.06. The number of anilines is 1. The molecule has 0 aliphatic heterocycles. The predicted molar refractivity (Wildman–Crippen MR) is 84.1 cm³/mol. The zero-order valence-electron chi connectivity index (χ0n) is 12.6. The average molecular weight is 395 g/mol. The van der Waals surface area contributed by atoms with Crippen molar-refractivity contribution in [2.45, 2.75) is 24.0 Å². The van der Waals surface area contributed by atoms with Gasteiger partial charge < -0.3 is 10.5 Å². The highest BCUT2D eigenvalue weighted by Gasteiger charge is 2.60. The normalized spacial score (nSPS) is 23.1. The van der Waals surface area contributed by atoms with Gasteiger partial charge >= 0.3 is 12.1 Å². The molecule has 0 bridgehead atoms. The minimum absolute atomic E-state index is 0.0225. The Morgan fingerprint density at radius 1 is 1.60 bits per heavy atom. The number of nitrogens with two attached hydrogens (primary N) is 1. The van der Waals surface area contributed by atoms with E-state index >= 15 is 0 Å². The molecule has 0 saturated carbocycles. The van der Waals surface area contributed by atoms with E-state index in [1.165, 1.54) is 13.0 Å². The van der Waals surface area contributed by atoms with Crippen molar-refractivity contribution >= 4 is 35.0 Å². The number of carbonyl (C=O) groups is 1. The zero-order valence-corrected chi connectivity index (χ0v) is 14.2. The van der Waals surface area contributed by atoms with Crippen LogP contribution >= 0.6 is 23.2 Å². The third kappa shape index (κ3) is 3.07. The Morgan fingerprint density at radius 2 is 2.24 bits per heavy atom. The second-order valence-electron chi connectivity index (χ2n) is 4.96. The topological polar surface area (TPSA) is 93.9 Å². The van der Waals surface area contributed by atoms with Crippen molar-refractivity contribution < 1.29 is 22.7 Å². The van der Waals surface area contributed by atoms with Crippen molar-refractivity contribution in [1.29, 1.82) is 5.26 Å². The van der Waals surface area contributed by atoms with Crippen LogP contribution in [-0.4, -0.2) is 33.4 Å². The Hall–Kier alpha value is -2.18. The number of alkyl halides is 4. The van der Waals surface area contributed by atoms with Gasteiger partial charge in [0.25, 0.3) is 0 Å². The van der Waals surface area contributed by atoms with Crippen LogP contribution in [0.2, 0.25) is 0 Å². The summed E-state index contributed by atoms with van der Waals surface area (Å²) in [6, 6.07) is -0.166. The SMILES string of the molecule is CCOC(=O)c1nn(C2C(Cl)=CC=CC2(Cl)C(F)(F)F)c(N)c1C#N. The highest BCUT2D eigenvalue weighted by molar-refractivity contribution is 6.33. The smallest absolute Gasteiger partial charge is 0.413 e. The van der Waals surface area contributed by atoms with Gasteiger partial charge in [-0.3, -0.25) is 0 Å². The maximum Gasteiger partial charge on any atom is 0.413 e. The van der Waals surface area contributed by atoms with E-state index in [-0.39, 0.29) is 11.6 Å². The highest BCUT2D eigenvalue weighted by atomic mass is 35.5. The van der Waals surface area contributed by atoms with Gasteiger partial charge in [0.15, 0.2) is 10.6 Å². The zero-order chi connectivity index (χ0) is 19.0. The molecule has 0 fully saturated rings. The monoisotopic (exact) mass is 394 g/mol. The summed E-state index contributed by atoms with van der Waals surface area (Å²) in [5, 5.41) is 12.6. The minimum Gasteiger partial charge on any atom is -0.461 e. The highest BCUT2D eigenvalue weighted by Crippen LogP contribution is 2.51. The molecule has 11 heteroatoms. The second-order valence-corrected chi connectivity index (χ2v) is 6.03. The molecule has 2 atom stereocenters. The number of carbonyl (C=O) groups excluding carboxylic acids is 1. The van der Waals surface area contributed by atoms with Crippen LogP contribution in [0.3, 0.4) is 0 Å². The lowest BCUT2D eigenvalue weighted by atomic mass is 9.93. The maximum absolute atomic E-state index is 13.5. The molecule has 1 aromatic heterocycles. The third-order valence-electron chi connectivity index (χ3n) is 3.46. The van der Waals surface area contributed by atoms with Crippen molar-refractivity contribution in [2.24, 2.45) is 0 Å². The van der Waals surface area contributed by atoms with Crippen LogP contribution < -0.4 is 5.73 Å². The molecule has 1 aromatic rings. The minimum atomic E-state index is -4.92. The van der Waals surface area contributed by atoms with Crippen LogP contribution in [-0.2, 0) is 4.74 Å². The molecule has 0 radical (unpaired) electrons. The summed E-state index contributed by atoms with van der Waals surface area (Å²) in [6.45, 7) is 1.49. The summed E-state index contributed by atoms with van der Waals surface area (Å²) >= 11 is 11.7. The largest absolute Gasteiger partial charge is 0.461 e. The molecule has 0 aromatic carbocycles. The standard InChI is InChI=1S/C14H11Cl2F3N4O2/c1-2-25-12(24)9-7(6-20)11(21)23(22-9)10-8(15)4-3-5-13(10,16)14(17,18)19/h3-5,10H,2,21H2,1H3. The molecule has 2 rings (SSSR count). The van der Waals surface area contributed by atoms with E-state index in [2.05, 4.69) is 5.10 Å². The first kappa shape index (κ1) is 19.1. The lowest BCUT2D eigenvalue weighted by Gasteiger charge is -2.36. The summed E-state index contributed by atoms with van der Waals surface area (Å²) in [5.74, 6) is -1.48. The Balaban J connectivity index is 2.68. The molecule has 2 unspecified atom stereocenters. The van der Waals surface area contributed by atoms with Crippen molar-refractivity contribution in [3.05, 3.63) is 34.5 Å². The molecular weight excluding hydrogens is 384 g/mol. The van der Waals surface area contributed by atoms with Crippen molar-refractivity contribution in [1.82, 2.24) is 9.78 Å². The number of nitriles is 1. The molecule has 1 aliphatic carbocycles. The van der Waals surface area contributed by atoms with Gasteiger partial charge in [0.2, 0.25) is 0 Å². The van der Waals surface area contributed by atoms with Crippen LogP contribution in [0.15, 0.2) is 23.3 Å². The van der Waals surface area contributed by atoms with Crippen LogP contribution in [0.4, 0.5) is 19.0 Å². The molecule has 2 N–H and O–H groups in total. The first-order valence-electron chi connectivity index (χ1n) is 6.84. The Morgan fingerprint density at radius 3 is 2.76 bits per heavy atom. The van der Waals surface area contributed by atoms with Crippen LogP contribution in [0, 0.1) is 11.3 Å². The van der Waals surface area contributed by atoms with Gasteiger partial charge in [0.05, 0.1) is 6.61 Å². The van der Waals surface area contributed by atoms with Crippen molar-refractivity contribution in [2.75, 3.05) is 12.3 Å². The molecule has 0 spiro atoms. The fourth-order valence-electron chi connectivity index (χ4n) is 2.30. The van der Waals surface area contributed by atoms with E-state index in [0.29, 0.717) is 10.8 Å². The van der Waals surface area contributed by atoms with Gasteiger partial charge in [-0.1, -0.05) is 23.8 Å². The summed E-state index contributed by atoms with van der Waals surface area (Å²) in [5.41, 5.74) is 4.81. The number of hydrogen-bond donors (Lipinski definition) is 1. The van der Waals surface area contributed by atoms with Crippen molar-refractivity contribution in [3.8, 4) is 6.07 Å². The van der Waals surface area contributed by atoms with E-state index in [9.17, 15) is 23.2 Å². The number of hydrogen-bond acceptors (Lipinski definition) is 5. The fraction of sp³-hybridized carbons (Fsp3) is 0.357. The fourth-order valence-corrected chi connectivity index (χ4v) is 2.98. The van der Waals surface area contributed by atoms with E-state index in [1.807, 2.05) is 0 Å². The third-order valence-corrected chi connectivity index (χ3v) is 4.34. The molecule has 134 valence electrons. The summed E-state index contributed by atoms with van der Waals surface area (Å²) in [7, 11) is 0. The summed E-state index contributed by atoms with van der Waals surface area (Å²) in [6.07, 6.45) is -1.98.